The van der Waals surface area contributed by atoms with Gasteiger partial charge in [-0.2, -0.15) is 4.98 Å². The fraction of sp³-hybridized carbons (Fsp3) is 0.250. The van der Waals surface area contributed by atoms with Crippen LogP contribution in [0.15, 0.2) is 53.1 Å². The maximum Gasteiger partial charge on any atom is 0.248 e. The van der Waals surface area contributed by atoms with Crippen molar-refractivity contribution in [2.45, 2.75) is 31.1 Å². The highest BCUT2D eigenvalue weighted by Crippen LogP contribution is 2.50. The molecule has 2 aromatic carbocycles. The number of hydrogen-bond donors (Lipinski definition) is 1. The molecule has 1 fully saturated rings. The average molecular weight is 368 g/mol. The summed E-state index contributed by atoms with van der Waals surface area (Å²) in [5.74, 6) is 0.822. The van der Waals surface area contributed by atoms with Gasteiger partial charge in [-0.3, -0.25) is 4.79 Å². The molecule has 3 aromatic rings. The van der Waals surface area contributed by atoms with Crippen molar-refractivity contribution in [1.82, 2.24) is 10.1 Å². The number of amides is 1. The van der Waals surface area contributed by atoms with Crippen LogP contribution >= 0.6 is 11.6 Å². The molecule has 6 heteroatoms. The first-order valence-electron chi connectivity index (χ1n) is 8.51. The zero-order chi connectivity index (χ0) is 18.1. The Balaban J connectivity index is 1.52. The van der Waals surface area contributed by atoms with E-state index in [-0.39, 0.29) is 5.41 Å². The van der Waals surface area contributed by atoms with Crippen LogP contribution in [0.25, 0.3) is 0 Å². The number of carbonyl (C=O) groups excluding carboxylic acids is 1. The van der Waals surface area contributed by atoms with Crippen LogP contribution in [0.5, 0.6) is 0 Å². The molecule has 26 heavy (non-hydrogen) atoms. The monoisotopic (exact) mass is 367 g/mol. The van der Waals surface area contributed by atoms with E-state index in [0.29, 0.717) is 23.7 Å². The fourth-order valence-electron chi connectivity index (χ4n) is 3.18. The molecule has 0 atom stereocenters. The van der Waals surface area contributed by atoms with E-state index in [1.165, 1.54) is 0 Å². The number of halogens is 1. The first-order valence-corrected chi connectivity index (χ1v) is 8.89. The molecular formula is C20H18ClN3O2. The van der Waals surface area contributed by atoms with Crippen molar-refractivity contribution in [3.8, 4) is 0 Å². The van der Waals surface area contributed by atoms with Crippen LogP contribution in [0.4, 0.5) is 0 Å². The summed E-state index contributed by atoms with van der Waals surface area (Å²) in [6.07, 6.45) is 3.31. The lowest BCUT2D eigenvalue weighted by atomic mass is 9.96. The van der Waals surface area contributed by atoms with Gasteiger partial charge in [-0.05, 0) is 48.6 Å². The minimum absolute atomic E-state index is 0.106. The number of nitrogens with two attached hydrogens (primary N) is 1. The molecule has 0 spiro atoms. The molecule has 1 aromatic heterocycles. The zero-order valence-electron chi connectivity index (χ0n) is 14.1. The highest BCUT2D eigenvalue weighted by molar-refractivity contribution is 6.31. The predicted molar refractivity (Wildman–Crippen MR) is 98.1 cm³/mol. The summed E-state index contributed by atoms with van der Waals surface area (Å²) >= 11 is 6.29. The van der Waals surface area contributed by atoms with Gasteiger partial charge < -0.3 is 10.3 Å². The Bertz CT molecular complexity index is 963. The van der Waals surface area contributed by atoms with E-state index in [1.807, 2.05) is 30.3 Å². The van der Waals surface area contributed by atoms with Gasteiger partial charge in [-0.15, -0.1) is 0 Å². The predicted octanol–water partition coefficient (Wildman–Crippen LogP) is 3.69. The second-order valence-electron chi connectivity index (χ2n) is 6.81. The van der Waals surface area contributed by atoms with Gasteiger partial charge in [0.1, 0.15) is 0 Å². The average Bonchev–Trinajstić information content (AvgIpc) is 3.26. The Labute approximate surface area is 156 Å². The fourth-order valence-corrected chi connectivity index (χ4v) is 3.38. The SMILES string of the molecule is NC(=O)c1cccc(Cc2noc(C3(Cc4ccccc4Cl)CC3)n2)c1. The summed E-state index contributed by atoms with van der Waals surface area (Å²) in [4.78, 5) is 15.9. The molecule has 2 N–H and O–H groups in total. The Morgan fingerprint density at radius 1 is 1.19 bits per heavy atom. The molecule has 1 amide bonds. The van der Waals surface area contributed by atoms with Crippen LogP contribution in [0.1, 0.15) is 46.0 Å². The van der Waals surface area contributed by atoms with E-state index in [4.69, 9.17) is 21.9 Å². The maximum absolute atomic E-state index is 11.3. The van der Waals surface area contributed by atoms with Gasteiger partial charge in [0.25, 0.3) is 0 Å². The number of carbonyl (C=O) groups is 1. The number of primary amides is 1. The van der Waals surface area contributed by atoms with Crippen molar-refractivity contribution in [3.63, 3.8) is 0 Å². The van der Waals surface area contributed by atoms with Crippen molar-refractivity contribution in [2.75, 3.05) is 0 Å². The van der Waals surface area contributed by atoms with Crippen LogP contribution in [0.2, 0.25) is 5.02 Å². The number of benzene rings is 2. The first kappa shape index (κ1) is 16.8. The third-order valence-electron chi connectivity index (χ3n) is 4.84. The molecule has 1 heterocycles. The summed E-state index contributed by atoms with van der Waals surface area (Å²) in [6, 6.07) is 15.0. The molecule has 1 aliphatic rings. The number of rotatable bonds is 6. The second kappa shape index (κ2) is 6.57. The first-order chi connectivity index (χ1) is 12.6. The van der Waals surface area contributed by atoms with Crippen molar-refractivity contribution in [2.24, 2.45) is 5.73 Å². The van der Waals surface area contributed by atoms with Crippen LogP contribution in [-0.2, 0) is 18.3 Å². The summed E-state index contributed by atoms with van der Waals surface area (Å²) in [7, 11) is 0. The molecule has 5 nitrogen and oxygen atoms in total. The Morgan fingerprint density at radius 2 is 2.00 bits per heavy atom. The minimum Gasteiger partial charge on any atom is -0.366 e. The lowest BCUT2D eigenvalue weighted by Gasteiger charge is -2.11. The molecular weight excluding hydrogens is 350 g/mol. The summed E-state index contributed by atoms with van der Waals surface area (Å²) in [5, 5.41) is 4.89. The van der Waals surface area contributed by atoms with E-state index in [2.05, 4.69) is 10.1 Å². The number of nitrogens with zero attached hydrogens (tertiary/aromatic N) is 2. The second-order valence-corrected chi connectivity index (χ2v) is 7.21. The lowest BCUT2D eigenvalue weighted by Crippen LogP contribution is -2.12. The molecule has 0 unspecified atom stereocenters. The third kappa shape index (κ3) is 3.35. The Hall–Kier alpha value is -2.66. The van der Waals surface area contributed by atoms with Gasteiger partial charge in [-0.1, -0.05) is 47.1 Å². The molecule has 0 saturated heterocycles. The molecule has 1 saturated carbocycles. The maximum atomic E-state index is 11.3. The Morgan fingerprint density at radius 3 is 2.73 bits per heavy atom. The van der Waals surface area contributed by atoms with E-state index >= 15 is 0 Å². The zero-order valence-corrected chi connectivity index (χ0v) is 14.9. The lowest BCUT2D eigenvalue weighted by molar-refractivity contribution is 0.1000. The molecule has 4 rings (SSSR count). The van der Waals surface area contributed by atoms with Crippen LogP contribution in [-0.4, -0.2) is 16.0 Å². The van der Waals surface area contributed by atoms with E-state index in [1.54, 1.807) is 18.2 Å². The molecule has 0 radical (unpaired) electrons. The number of aromatic nitrogens is 2. The largest absolute Gasteiger partial charge is 0.366 e. The highest BCUT2D eigenvalue weighted by Gasteiger charge is 2.49. The standard InChI is InChI=1S/C20H18ClN3O2/c21-16-7-2-1-5-15(16)12-20(8-9-20)19-23-17(24-26-19)11-13-4-3-6-14(10-13)18(22)25/h1-7,10H,8-9,11-12H2,(H2,22,25). The topological polar surface area (TPSA) is 82.0 Å². The molecule has 1 aliphatic carbocycles. The van der Waals surface area contributed by atoms with Crippen molar-refractivity contribution in [1.29, 1.82) is 0 Å². The highest BCUT2D eigenvalue weighted by atomic mass is 35.5. The van der Waals surface area contributed by atoms with Gasteiger partial charge in [0.15, 0.2) is 5.82 Å². The summed E-state index contributed by atoms with van der Waals surface area (Å²) in [5.41, 5.74) is 7.72. The normalized spacial score (nSPS) is 15.0. The summed E-state index contributed by atoms with van der Waals surface area (Å²) < 4.78 is 5.56. The van der Waals surface area contributed by atoms with Crippen LogP contribution in [0, 0.1) is 0 Å². The van der Waals surface area contributed by atoms with Gasteiger partial charge in [0, 0.05) is 17.0 Å². The molecule has 0 aliphatic heterocycles. The van der Waals surface area contributed by atoms with E-state index in [9.17, 15) is 4.79 Å². The van der Waals surface area contributed by atoms with Gasteiger partial charge in [0.2, 0.25) is 11.8 Å². The third-order valence-corrected chi connectivity index (χ3v) is 5.20. The van der Waals surface area contributed by atoms with E-state index < -0.39 is 5.91 Å². The van der Waals surface area contributed by atoms with E-state index in [0.717, 1.165) is 35.4 Å². The summed E-state index contributed by atoms with van der Waals surface area (Å²) in [6.45, 7) is 0. The van der Waals surface area contributed by atoms with Crippen LogP contribution < -0.4 is 5.73 Å². The van der Waals surface area contributed by atoms with Crippen LogP contribution in [0.3, 0.4) is 0 Å². The molecule has 132 valence electrons. The van der Waals surface area contributed by atoms with Gasteiger partial charge in [0.05, 0.1) is 5.41 Å². The smallest absolute Gasteiger partial charge is 0.248 e. The quantitative estimate of drug-likeness (QED) is 0.720. The van der Waals surface area contributed by atoms with Gasteiger partial charge in [-0.25, -0.2) is 0 Å². The van der Waals surface area contributed by atoms with Crippen molar-refractivity contribution >= 4 is 17.5 Å². The van der Waals surface area contributed by atoms with Crippen molar-refractivity contribution < 1.29 is 9.32 Å². The number of hydrogen-bond acceptors (Lipinski definition) is 4. The Kier molecular flexibility index (Phi) is 4.24. The minimum atomic E-state index is -0.447. The van der Waals surface area contributed by atoms with Crippen molar-refractivity contribution in [3.05, 3.63) is 82.0 Å². The molecule has 0 bridgehead atoms. The van der Waals surface area contributed by atoms with Gasteiger partial charge >= 0.3 is 0 Å².